The zero-order valence-electron chi connectivity index (χ0n) is 12.9. The highest BCUT2D eigenvalue weighted by molar-refractivity contribution is 5.40. The minimum absolute atomic E-state index is 0.509. The Labute approximate surface area is 135 Å². The van der Waals surface area contributed by atoms with E-state index in [2.05, 4.69) is 45.9 Å². The van der Waals surface area contributed by atoms with Crippen LogP contribution in [-0.2, 0) is 6.54 Å². The summed E-state index contributed by atoms with van der Waals surface area (Å²) in [4.78, 5) is 0. The van der Waals surface area contributed by atoms with E-state index in [0.717, 1.165) is 24.2 Å². The molecule has 2 heterocycles. The van der Waals surface area contributed by atoms with E-state index >= 15 is 0 Å². The maximum Gasteiger partial charge on any atom is 0.0861 e. The Bertz CT molecular complexity index is 800. The quantitative estimate of drug-likeness (QED) is 0.695. The SMILES string of the molecule is C1=CC[C@H](c2cn(Cc3ccccc3-n3cccn3)nn2)CC1. The highest BCUT2D eigenvalue weighted by Gasteiger charge is 2.16. The van der Waals surface area contributed by atoms with E-state index in [1.54, 1.807) is 6.20 Å². The van der Waals surface area contributed by atoms with Gasteiger partial charge in [-0.05, 0) is 37.0 Å². The molecule has 0 amide bonds. The van der Waals surface area contributed by atoms with Crippen LogP contribution in [0.3, 0.4) is 0 Å². The summed E-state index contributed by atoms with van der Waals surface area (Å²) >= 11 is 0. The number of para-hydroxylation sites is 1. The predicted octanol–water partition coefficient (Wildman–Crippen LogP) is 3.34. The lowest BCUT2D eigenvalue weighted by Gasteiger charge is -2.14. The molecule has 3 aromatic rings. The molecule has 0 N–H and O–H groups in total. The fourth-order valence-electron chi connectivity index (χ4n) is 3.09. The van der Waals surface area contributed by atoms with Crippen molar-refractivity contribution >= 4 is 0 Å². The summed E-state index contributed by atoms with van der Waals surface area (Å²) in [5.74, 6) is 0.509. The average molecular weight is 305 g/mol. The van der Waals surface area contributed by atoms with Gasteiger partial charge in [0.1, 0.15) is 0 Å². The number of hydrogen-bond acceptors (Lipinski definition) is 3. The summed E-state index contributed by atoms with van der Waals surface area (Å²) in [6, 6.07) is 10.2. The van der Waals surface area contributed by atoms with E-state index in [0.29, 0.717) is 12.5 Å². The van der Waals surface area contributed by atoms with Crippen molar-refractivity contribution in [3.8, 4) is 5.69 Å². The molecule has 1 aromatic carbocycles. The zero-order chi connectivity index (χ0) is 15.5. The van der Waals surface area contributed by atoms with Crippen LogP contribution in [0, 0.1) is 0 Å². The average Bonchev–Trinajstić information content (AvgIpc) is 3.28. The van der Waals surface area contributed by atoms with Crippen LogP contribution >= 0.6 is 0 Å². The molecule has 23 heavy (non-hydrogen) atoms. The van der Waals surface area contributed by atoms with Crippen molar-refractivity contribution in [2.45, 2.75) is 31.7 Å². The Balaban J connectivity index is 1.57. The van der Waals surface area contributed by atoms with Gasteiger partial charge in [0.25, 0.3) is 0 Å². The molecular formula is C18H19N5. The molecule has 5 heteroatoms. The normalized spacial score (nSPS) is 17.5. The molecule has 0 radical (unpaired) electrons. The summed E-state index contributed by atoms with van der Waals surface area (Å²) in [6.07, 6.45) is 13.7. The monoisotopic (exact) mass is 305 g/mol. The molecular weight excluding hydrogens is 286 g/mol. The number of allylic oxidation sites excluding steroid dienone is 2. The minimum atomic E-state index is 0.509. The molecule has 1 aliphatic carbocycles. The van der Waals surface area contributed by atoms with Gasteiger partial charge in [0, 0.05) is 24.5 Å². The summed E-state index contributed by atoms with van der Waals surface area (Å²) in [5.41, 5.74) is 3.36. The summed E-state index contributed by atoms with van der Waals surface area (Å²) in [5, 5.41) is 13.0. The Kier molecular flexibility index (Phi) is 3.76. The first-order valence-electron chi connectivity index (χ1n) is 8.03. The zero-order valence-corrected chi connectivity index (χ0v) is 12.9. The number of hydrogen-bond donors (Lipinski definition) is 0. The Morgan fingerprint density at radius 1 is 1.13 bits per heavy atom. The van der Waals surface area contributed by atoms with Crippen molar-refractivity contribution in [2.75, 3.05) is 0 Å². The molecule has 0 unspecified atom stereocenters. The van der Waals surface area contributed by atoms with Gasteiger partial charge in [-0.2, -0.15) is 5.10 Å². The van der Waals surface area contributed by atoms with E-state index in [-0.39, 0.29) is 0 Å². The lowest BCUT2D eigenvalue weighted by Crippen LogP contribution is -2.06. The van der Waals surface area contributed by atoms with Crippen molar-refractivity contribution in [2.24, 2.45) is 0 Å². The van der Waals surface area contributed by atoms with Gasteiger partial charge in [-0.15, -0.1) is 5.10 Å². The van der Waals surface area contributed by atoms with E-state index in [1.165, 1.54) is 12.0 Å². The highest BCUT2D eigenvalue weighted by atomic mass is 15.4. The Morgan fingerprint density at radius 2 is 2.09 bits per heavy atom. The number of nitrogens with zero attached hydrogens (tertiary/aromatic N) is 5. The molecule has 116 valence electrons. The second-order valence-corrected chi connectivity index (χ2v) is 5.90. The van der Waals surface area contributed by atoms with Crippen LogP contribution in [0.1, 0.15) is 36.4 Å². The fourth-order valence-corrected chi connectivity index (χ4v) is 3.09. The van der Waals surface area contributed by atoms with Crippen molar-refractivity contribution in [1.29, 1.82) is 0 Å². The number of aromatic nitrogens is 5. The second kappa shape index (κ2) is 6.20. The third-order valence-corrected chi connectivity index (χ3v) is 4.32. The van der Waals surface area contributed by atoms with Crippen molar-refractivity contribution < 1.29 is 0 Å². The molecule has 2 aromatic heterocycles. The van der Waals surface area contributed by atoms with E-state index in [9.17, 15) is 0 Å². The Morgan fingerprint density at radius 3 is 2.91 bits per heavy atom. The first kappa shape index (κ1) is 13.9. The van der Waals surface area contributed by atoms with Crippen LogP contribution in [0.4, 0.5) is 0 Å². The Hall–Kier alpha value is -2.69. The van der Waals surface area contributed by atoms with Crippen LogP contribution in [0.5, 0.6) is 0 Å². The topological polar surface area (TPSA) is 48.5 Å². The van der Waals surface area contributed by atoms with Crippen LogP contribution in [-0.4, -0.2) is 24.8 Å². The third-order valence-electron chi connectivity index (χ3n) is 4.32. The molecule has 0 saturated carbocycles. The lowest BCUT2D eigenvalue weighted by atomic mass is 9.92. The molecule has 0 aliphatic heterocycles. The van der Waals surface area contributed by atoms with Gasteiger partial charge < -0.3 is 0 Å². The van der Waals surface area contributed by atoms with Crippen LogP contribution in [0.25, 0.3) is 5.69 Å². The predicted molar refractivity (Wildman–Crippen MR) is 88.4 cm³/mol. The maximum atomic E-state index is 4.39. The standard InChI is InChI=1S/C18H19N5/c1-2-7-15(8-3-1)17-14-22(21-20-17)13-16-9-4-5-10-18(16)23-12-6-11-19-23/h1-2,4-6,9-12,14-15H,3,7-8,13H2/t15-/m0/s1. The van der Waals surface area contributed by atoms with Gasteiger partial charge in [0.2, 0.25) is 0 Å². The molecule has 0 spiro atoms. The second-order valence-electron chi connectivity index (χ2n) is 5.90. The van der Waals surface area contributed by atoms with Gasteiger partial charge in [0.15, 0.2) is 0 Å². The van der Waals surface area contributed by atoms with Gasteiger partial charge in [-0.1, -0.05) is 35.6 Å². The van der Waals surface area contributed by atoms with Crippen molar-refractivity contribution in [1.82, 2.24) is 24.8 Å². The fraction of sp³-hybridized carbons (Fsp3) is 0.278. The third kappa shape index (κ3) is 2.95. The number of rotatable bonds is 4. The molecule has 5 nitrogen and oxygen atoms in total. The molecule has 0 saturated heterocycles. The van der Waals surface area contributed by atoms with Gasteiger partial charge in [-0.25, -0.2) is 9.36 Å². The van der Waals surface area contributed by atoms with E-state index in [1.807, 2.05) is 33.8 Å². The first-order chi connectivity index (χ1) is 11.4. The molecule has 4 rings (SSSR count). The first-order valence-corrected chi connectivity index (χ1v) is 8.03. The van der Waals surface area contributed by atoms with Crippen LogP contribution < -0.4 is 0 Å². The summed E-state index contributed by atoms with van der Waals surface area (Å²) in [6.45, 7) is 0.700. The van der Waals surface area contributed by atoms with Gasteiger partial charge in [0.05, 0.1) is 17.9 Å². The van der Waals surface area contributed by atoms with Gasteiger partial charge >= 0.3 is 0 Å². The molecule has 0 fully saturated rings. The summed E-state index contributed by atoms with van der Waals surface area (Å²) < 4.78 is 3.81. The molecule has 1 aliphatic rings. The summed E-state index contributed by atoms with van der Waals surface area (Å²) in [7, 11) is 0. The lowest BCUT2D eigenvalue weighted by molar-refractivity contribution is 0.598. The van der Waals surface area contributed by atoms with Crippen molar-refractivity contribution in [3.63, 3.8) is 0 Å². The van der Waals surface area contributed by atoms with E-state index < -0.39 is 0 Å². The smallest absolute Gasteiger partial charge is 0.0861 e. The van der Waals surface area contributed by atoms with E-state index in [4.69, 9.17) is 0 Å². The van der Waals surface area contributed by atoms with Crippen LogP contribution in [0.2, 0.25) is 0 Å². The highest BCUT2D eigenvalue weighted by Crippen LogP contribution is 2.27. The maximum absolute atomic E-state index is 4.39. The number of benzene rings is 1. The molecule has 0 bridgehead atoms. The minimum Gasteiger partial charge on any atom is -0.248 e. The van der Waals surface area contributed by atoms with Crippen LogP contribution in [0.15, 0.2) is 61.1 Å². The van der Waals surface area contributed by atoms with Crippen molar-refractivity contribution in [3.05, 3.63) is 72.3 Å². The van der Waals surface area contributed by atoms with Gasteiger partial charge in [-0.3, -0.25) is 0 Å². The molecule has 1 atom stereocenters. The largest absolute Gasteiger partial charge is 0.248 e.